The van der Waals surface area contributed by atoms with E-state index in [9.17, 15) is 4.79 Å². The van der Waals surface area contributed by atoms with Gasteiger partial charge in [0.2, 0.25) is 5.91 Å². The maximum absolute atomic E-state index is 11.8. The van der Waals surface area contributed by atoms with Crippen LogP contribution in [-0.4, -0.2) is 50.8 Å². The predicted octanol–water partition coefficient (Wildman–Crippen LogP) is 4.42. The molecule has 8 heteroatoms. The van der Waals surface area contributed by atoms with E-state index in [1.807, 2.05) is 35.2 Å². The maximum atomic E-state index is 11.8. The highest BCUT2D eigenvalue weighted by Gasteiger charge is 2.40. The highest BCUT2D eigenvalue weighted by molar-refractivity contribution is 7.20. The number of carbonyl (C=O) groups is 1. The maximum Gasteiger partial charge on any atom is 0.281 e. The fourth-order valence-electron chi connectivity index (χ4n) is 4.80. The Kier molecular flexibility index (Phi) is 4.43. The van der Waals surface area contributed by atoms with E-state index in [1.54, 1.807) is 13.1 Å². The molecule has 1 amide bonds. The van der Waals surface area contributed by atoms with Crippen LogP contribution in [0.1, 0.15) is 25.5 Å². The summed E-state index contributed by atoms with van der Waals surface area (Å²) in [5.74, 6) is 1.86. The average Bonchev–Trinajstić information content (AvgIpc) is 3.40. The molecule has 0 aliphatic carbocycles. The number of thiazole rings is 1. The first-order valence-corrected chi connectivity index (χ1v) is 11.4. The van der Waals surface area contributed by atoms with Gasteiger partial charge in [-0.3, -0.25) is 9.69 Å². The quantitative estimate of drug-likeness (QED) is 0.473. The van der Waals surface area contributed by atoms with Crippen molar-refractivity contribution in [1.29, 1.82) is 0 Å². The van der Waals surface area contributed by atoms with Crippen LogP contribution in [0.15, 0.2) is 47.0 Å². The predicted molar refractivity (Wildman–Crippen MR) is 118 cm³/mol. The van der Waals surface area contributed by atoms with E-state index in [0.717, 1.165) is 59.7 Å². The van der Waals surface area contributed by atoms with Crippen molar-refractivity contribution in [3.8, 4) is 10.9 Å². The Morgan fingerprint density at radius 1 is 1.23 bits per heavy atom. The summed E-state index contributed by atoms with van der Waals surface area (Å²) >= 11 is 1.48. The molecular weight excluding hydrogens is 412 g/mol. The summed E-state index contributed by atoms with van der Waals surface area (Å²) in [6.07, 6.45) is 4.02. The minimum absolute atomic E-state index is 0.178. The Bertz CT molecular complexity index is 1240. The van der Waals surface area contributed by atoms with Crippen molar-refractivity contribution in [3.05, 3.63) is 48.4 Å². The van der Waals surface area contributed by atoms with E-state index >= 15 is 0 Å². The molecule has 3 aromatic heterocycles. The largest absolute Gasteiger partial charge is 0.460 e. The summed E-state index contributed by atoms with van der Waals surface area (Å²) in [5.41, 5.74) is 1.55. The zero-order valence-corrected chi connectivity index (χ0v) is 18.0. The minimum atomic E-state index is 0.178. The number of likely N-dealkylation sites (tertiary alicyclic amines) is 1. The summed E-state index contributed by atoms with van der Waals surface area (Å²) < 4.78 is 13.1. The zero-order valence-electron chi connectivity index (χ0n) is 17.2. The second kappa shape index (κ2) is 7.32. The first kappa shape index (κ1) is 18.8. The highest BCUT2D eigenvalue weighted by atomic mass is 32.1. The lowest BCUT2D eigenvalue weighted by molar-refractivity contribution is -0.132. The molecule has 158 valence electrons. The van der Waals surface area contributed by atoms with E-state index in [2.05, 4.69) is 20.9 Å². The summed E-state index contributed by atoms with van der Waals surface area (Å²) in [7, 11) is 0. The smallest absolute Gasteiger partial charge is 0.281 e. The summed E-state index contributed by atoms with van der Waals surface area (Å²) in [6.45, 7) is 4.08. The Hall–Kier alpha value is -2.97. The molecule has 0 unspecified atom stereocenters. The van der Waals surface area contributed by atoms with Gasteiger partial charge in [-0.2, -0.15) is 4.98 Å². The number of ether oxygens (including phenoxy) is 1. The van der Waals surface area contributed by atoms with Crippen LogP contribution < -0.4 is 4.74 Å². The highest BCUT2D eigenvalue weighted by Crippen LogP contribution is 2.35. The molecule has 2 saturated heterocycles. The Labute approximate surface area is 183 Å². The second-order valence-corrected chi connectivity index (χ2v) is 9.29. The van der Waals surface area contributed by atoms with Crippen molar-refractivity contribution in [2.45, 2.75) is 38.4 Å². The summed E-state index contributed by atoms with van der Waals surface area (Å²) in [5, 5.41) is 1.60. The number of hydrogen-bond acceptors (Lipinski definition) is 7. The van der Waals surface area contributed by atoms with Crippen molar-refractivity contribution in [3.63, 3.8) is 0 Å². The first-order chi connectivity index (χ1) is 15.1. The van der Waals surface area contributed by atoms with E-state index in [4.69, 9.17) is 9.15 Å². The van der Waals surface area contributed by atoms with Crippen LogP contribution in [-0.2, 0) is 11.3 Å². The number of fused-ring (bicyclic) bond motifs is 4. The lowest BCUT2D eigenvalue weighted by Crippen LogP contribution is -2.54. The van der Waals surface area contributed by atoms with E-state index < -0.39 is 0 Å². The van der Waals surface area contributed by atoms with Crippen LogP contribution in [0, 0.1) is 0 Å². The SMILES string of the molecule is CC(=O)N1C[C@H]2CC[C@@H](C1)N2Cc1cc2cc(Oc3nc4ncccc4s3)ccc2o1. The van der Waals surface area contributed by atoms with Crippen molar-refractivity contribution < 1.29 is 13.9 Å². The van der Waals surface area contributed by atoms with Crippen molar-refractivity contribution in [2.75, 3.05) is 13.1 Å². The van der Waals surface area contributed by atoms with Crippen LogP contribution in [0.25, 0.3) is 21.3 Å². The van der Waals surface area contributed by atoms with Crippen molar-refractivity contribution in [1.82, 2.24) is 19.8 Å². The van der Waals surface area contributed by atoms with Crippen LogP contribution in [0.5, 0.6) is 10.9 Å². The molecule has 6 rings (SSSR count). The molecule has 2 fully saturated rings. The van der Waals surface area contributed by atoms with Gasteiger partial charge in [-0.1, -0.05) is 11.3 Å². The fourth-order valence-corrected chi connectivity index (χ4v) is 5.59. The number of pyridine rings is 1. The molecule has 4 aromatic rings. The second-order valence-electron chi connectivity index (χ2n) is 8.30. The molecule has 5 heterocycles. The molecule has 7 nitrogen and oxygen atoms in total. The zero-order chi connectivity index (χ0) is 20.9. The minimum Gasteiger partial charge on any atom is -0.460 e. The number of amides is 1. The standard InChI is InChI=1S/C23H22N4O3S/c1-14(28)26-11-16-4-5-17(12-26)27(16)13-19-10-15-9-18(6-7-20(15)29-19)30-23-25-22-21(31-23)3-2-8-24-22/h2-3,6-10,16-17H,4-5,11-13H2,1H3/t16-,17+. The molecule has 1 aromatic carbocycles. The normalized spacial score (nSPS) is 21.3. The monoisotopic (exact) mass is 434 g/mol. The van der Waals surface area contributed by atoms with Crippen molar-refractivity contribution >= 4 is 38.6 Å². The number of aromatic nitrogens is 2. The van der Waals surface area contributed by atoms with Crippen LogP contribution in [0.4, 0.5) is 0 Å². The lowest BCUT2D eigenvalue weighted by atomic mass is 10.1. The molecule has 0 spiro atoms. The first-order valence-electron chi connectivity index (χ1n) is 10.6. The van der Waals surface area contributed by atoms with Gasteiger partial charge in [0, 0.05) is 43.7 Å². The van der Waals surface area contributed by atoms with Gasteiger partial charge in [-0.15, -0.1) is 0 Å². The number of piperazine rings is 1. The summed E-state index contributed by atoms with van der Waals surface area (Å²) in [6, 6.07) is 12.7. The van der Waals surface area contributed by atoms with Gasteiger partial charge in [-0.25, -0.2) is 4.98 Å². The van der Waals surface area contributed by atoms with Crippen LogP contribution in [0.3, 0.4) is 0 Å². The lowest BCUT2D eigenvalue weighted by Gasteiger charge is -2.40. The number of carbonyl (C=O) groups excluding carboxylic acids is 1. The molecule has 2 bridgehead atoms. The van der Waals surface area contributed by atoms with Gasteiger partial charge in [0.1, 0.15) is 17.1 Å². The van der Waals surface area contributed by atoms with Crippen molar-refractivity contribution in [2.24, 2.45) is 0 Å². The molecule has 2 atom stereocenters. The number of benzene rings is 1. The van der Waals surface area contributed by atoms with Gasteiger partial charge >= 0.3 is 0 Å². The third kappa shape index (κ3) is 3.45. The Balaban J connectivity index is 1.20. The average molecular weight is 435 g/mol. The van der Waals surface area contributed by atoms with E-state index in [0.29, 0.717) is 22.9 Å². The Morgan fingerprint density at radius 2 is 2.06 bits per heavy atom. The molecular formula is C23H22N4O3S. The Morgan fingerprint density at radius 3 is 2.84 bits per heavy atom. The number of hydrogen-bond donors (Lipinski definition) is 0. The molecule has 0 saturated carbocycles. The van der Waals surface area contributed by atoms with Crippen LogP contribution >= 0.6 is 11.3 Å². The van der Waals surface area contributed by atoms with Crippen LogP contribution in [0.2, 0.25) is 0 Å². The molecule has 0 N–H and O–H groups in total. The van der Waals surface area contributed by atoms with Gasteiger partial charge in [0.15, 0.2) is 5.65 Å². The van der Waals surface area contributed by atoms with Gasteiger partial charge < -0.3 is 14.1 Å². The fraction of sp³-hybridized carbons (Fsp3) is 0.348. The van der Waals surface area contributed by atoms with Gasteiger partial charge in [0.25, 0.3) is 5.19 Å². The van der Waals surface area contributed by atoms with E-state index in [1.165, 1.54) is 11.3 Å². The number of rotatable bonds is 4. The topological polar surface area (TPSA) is 71.7 Å². The molecule has 0 radical (unpaired) electrons. The molecule has 31 heavy (non-hydrogen) atoms. The third-order valence-corrected chi connectivity index (χ3v) is 7.19. The van der Waals surface area contributed by atoms with E-state index in [-0.39, 0.29) is 5.91 Å². The molecule has 2 aliphatic rings. The third-order valence-electron chi connectivity index (χ3n) is 6.31. The number of nitrogens with zero attached hydrogens (tertiary/aromatic N) is 4. The number of furan rings is 1. The van der Waals surface area contributed by atoms with Gasteiger partial charge in [0.05, 0.1) is 11.2 Å². The summed E-state index contributed by atoms with van der Waals surface area (Å²) in [4.78, 5) is 25.0. The van der Waals surface area contributed by atoms with Gasteiger partial charge in [-0.05, 0) is 49.2 Å². The molecule has 2 aliphatic heterocycles.